The van der Waals surface area contributed by atoms with Gasteiger partial charge in [0.25, 0.3) is 11.1 Å². The number of rotatable bonds is 11. The molecule has 3 N–H and O–H groups in total. The lowest BCUT2D eigenvalue weighted by molar-refractivity contribution is -0.0403. The van der Waals surface area contributed by atoms with E-state index in [1.165, 1.54) is 58.7 Å². The van der Waals surface area contributed by atoms with Crippen LogP contribution in [-0.2, 0) is 35.0 Å². The third kappa shape index (κ3) is 7.37. The predicted molar refractivity (Wildman–Crippen MR) is 186 cm³/mol. The first-order chi connectivity index (χ1) is 21.9. The van der Waals surface area contributed by atoms with E-state index in [2.05, 4.69) is 49.4 Å². The summed E-state index contributed by atoms with van der Waals surface area (Å²) in [6.45, 7) is -8.35. The van der Waals surface area contributed by atoms with Gasteiger partial charge in [-0.1, -0.05) is 47.1 Å². The molecule has 8 atom stereocenters. The Morgan fingerprint density at radius 3 is 2.63 bits per heavy atom. The van der Waals surface area contributed by atoms with Crippen molar-refractivity contribution in [3.63, 3.8) is 0 Å². The molecule has 6 heterocycles. The Morgan fingerprint density at radius 2 is 1.85 bits per heavy atom. The zero-order valence-electron chi connectivity index (χ0n) is 23.1. The summed E-state index contributed by atoms with van der Waals surface area (Å²) in [7, 11) is 0. The van der Waals surface area contributed by atoms with E-state index in [1.807, 2.05) is 22.6 Å². The molecule has 0 spiro atoms. The monoisotopic (exact) mass is 940 g/mol. The molecule has 2 fully saturated rings. The number of pyridine rings is 1. The van der Waals surface area contributed by atoms with Crippen molar-refractivity contribution in [1.82, 2.24) is 34.1 Å². The number of fused-ring (bicyclic) bond motifs is 2. The van der Waals surface area contributed by atoms with Crippen LogP contribution in [0.5, 0.6) is 0 Å². The number of ether oxygens (including phenoxy) is 2. The third-order valence-corrected chi connectivity index (χ3v) is 13.8. The first-order valence-corrected chi connectivity index (χ1v) is 20.8. The van der Waals surface area contributed by atoms with E-state index in [0.717, 1.165) is 0 Å². The number of halogens is 2. The minimum atomic E-state index is -4.09. The molecule has 0 aliphatic carbocycles. The number of nitrogens with two attached hydrogens (primary N) is 1. The van der Waals surface area contributed by atoms with Gasteiger partial charge in [-0.05, 0) is 18.9 Å². The van der Waals surface area contributed by atoms with Crippen LogP contribution >= 0.6 is 83.7 Å². The van der Waals surface area contributed by atoms with E-state index in [0.29, 0.717) is 23.7 Å². The maximum absolute atomic E-state index is 13.5. The number of nitrogens with zero attached hydrogens (tertiary/aromatic N) is 6. The maximum atomic E-state index is 13.5. The molecule has 46 heavy (non-hydrogen) atoms. The van der Waals surface area contributed by atoms with E-state index >= 15 is 0 Å². The van der Waals surface area contributed by atoms with Crippen LogP contribution in [0.2, 0.25) is 0 Å². The minimum Gasteiger partial charge on any atom is -0.369 e. The molecule has 4 aromatic rings. The van der Waals surface area contributed by atoms with Gasteiger partial charge in [0.1, 0.15) is 47.8 Å². The van der Waals surface area contributed by atoms with Crippen LogP contribution in [0.4, 0.5) is 5.95 Å². The zero-order chi connectivity index (χ0) is 32.8. The number of H-pyrrole nitrogens is 1. The largest absolute Gasteiger partial charge is 0.395 e. The minimum absolute atomic E-state index is 0.0567. The van der Waals surface area contributed by atoms with Crippen LogP contribution in [0.1, 0.15) is 25.3 Å². The summed E-state index contributed by atoms with van der Waals surface area (Å²) < 4.78 is 61.9. The summed E-state index contributed by atoms with van der Waals surface area (Å²) in [5, 5.41) is 0.313. The number of nitrogen functional groups attached to an aromatic ring is 1. The fraction of sp³-hybridized carbons (Fsp3) is 0.455. The van der Waals surface area contributed by atoms with Gasteiger partial charge in [0.05, 0.1) is 46.7 Å². The molecule has 0 saturated carbocycles. The van der Waals surface area contributed by atoms with Crippen molar-refractivity contribution in [2.75, 3.05) is 18.9 Å². The van der Waals surface area contributed by atoms with Gasteiger partial charge in [-0.3, -0.25) is 42.3 Å². The second-order valence-corrected chi connectivity index (χ2v) is 18.4. The molecule has 0 aromatic carbocycles. The van der Waals surface area contributed by atoms with E-state index in [4.69, 9.17) is 31.6 Å². The molecular weight excluding hydrogens is 916 g/mol. The van der Waals surface area contributed by atoms with E-state index < -0.39 is 59.4 Å². The van der Waals surface area contributed by atoms with Crippen LogP contribution in [0, 0.1) is 0 Å². The summed E-state index contributed by atoms with van der Waals surface area (Å²) in [5.41, 5.74) is 5.60. The van der Waals surface area contributed by atoms with Crippen molar-refractivity contribution in [2.24, 2.45) is 0 Å². The SMILES string of the molecule is Nc1nc2c(ncn2[C@H]2CC[C@@H](COP(=O)(S)O[C@H]3C(I)[C@H](n4cnc5cnccc5c4=O)O[C@@H]3COP(=O)(S)OI)O2)c(=O)[nH]1. The number of nitrogens with one attached hydrogen (secondary N) is 1. The van der Waals surface area contributed by atoms with Gasteiger partial charge in [-0.15, -0.1) is 0 Å². The molecule has 4 aromatic heterocycles. The number of hydrogen-bond acceptors (Lipinski definition) is 15. The molecule has 6 rings (SSSR count). The van der Waals surface area contributed by atoms with Gasteiger partial charge in [-0.25, -0.2) is 22.0 Å². The summed E-state index contributed by atoms with van der Waals surface area (Å²) in [6, 6.07) is 1.54. The van der Waals surface area contributed by atoms with Crippen LogP contribution in [0.15, 0.2) is 40.7 Å². The van der Waals surface area contributed by atoms with Crippen molar-refractivity contribution in [1.29, 1.82) is 0 Å². The lowest BCUT2D eigenvalue weighted by Crippen LogP contribution is -2.34. The van der Waals surface area contributed by atoms with E-state index in [-0.39, 0.29) is 30.3 Å². The highest BCUT2D eigenvalue weighted by atomic mass is 127. The molecule has 24 heteroatoms. The predicted octanol–water partition coefficient (Wildman–Crippen LogP) is 3.75. The van der Waals surface area contributed by atoms with Gasteiger partial charge in [0.15, 0.2) is 17.4 Å². The average molecular weight is 940 g/mol. The Balaban J connectivity index is 1.16. The lowest BCUT2D eigenvalue weighted by Gasteiger charge is -2.25. The molecular formula is C22H24I2N8O10P2S2. The number of anilines is 1. The Labute approximate surface area is 297 Å². The van der Waals surface area contributed by atoms with Crippen molar-refractivity contribution < 1.29 is 35.0 Å². The first kappa shape index (κ1) is 34.7. The lowest BCUT2D eigenvalue weighted by atomic mass is 10.2. The fourth-order valence-electron chi connectivity index (χ4n) is 5.06. The summed E-state index contributed by atoms with van der Waals surface area (Å²) in [6.07, 6.45) is 2.69. The van der Waals surface area contributed by atoms with Gasteiger partial charge in [0, 0.05) is 6.20 Å². The van der Waals surface area contributed by atoms with Crippen LogP contribution in [0.25, 0.3) is 22.1 Å². The summed E-state index contributed by atoms with van der Waals surface area (Å²) in [4.78, 5) is 44.4. The van der Waals surface area contributed by atoms with E-state index in [1.54, 1.807) is 4.57 Å². The second-order valence-electron chi connectivity index (χ2n) is 10.1. The highest BCUT2D eigenvalue weighted by Gasteiger charge is 2.49. The molecule has 248 valence electrons. The van der Waals surface area contributed by atoms with Gasteiger partial charge < -0.3 is 15.2 Å². The fourth-order valence-corrected chi connectivity index (χ4v) is 8.85. The zero-order valence-corrected chi connectivity index (χ0v) is 31.0. The number of alkyl halides is 1. The molecule has 2 aliphatic rings. The second kappa shape index (κ2) is 14.0. The van der Waals surface area contributed by atoms with Crippen LogP contribution in [-0.4, -0.2) is 69.5 Å². The highest BCUT2D eigenvalue weighted by Crippen LogP contribution is 2.59. The number of hydrogen-bond donors (Lipinski definition) is 4. The smallest absolute Gasteiger partial charge is 0.369 e. The number of thiol groups is 2. The molecule has 0 amide bonds. The van der Waals surface area contributed by atoms with Crippen molar-refractivity contribution in [3.8, 4) is 0 Å². The highest BCUT2D eigenvalue weighted by molar-refractivity contribution is 14.1. The topological polar surface area (TPSA) is 227 Å². The maximum Gasteiger partial charge on any atom is 0.395 e. The molecule has 2 aliphatic heterocycles. The Kier molecular flexibility index (Phi) is 10.5. The third-order valence-electron chi connectivity index (χ3n) is 7.14. The Bertz CT molecular complexity index is 1990. The standard InChI is InChI=1S/C22H24I2N8O10P2S2/c23-15-17(13(7-38-44(36,46)42-24)40-21(15)32-8-27-12-5-26-4-3-11(12)20(32)34)41-43(35,45)37-6-10-1-2-14(39-10)31-9-28-16-18(31)29-22(25)30-19(16)33/h3-5,8-10,13-15,17,21H,1-2,6-7H2,(H,35,45)(H,36,46)(H3,25,29,30,33)/t10-,13+,14+,15?,17+,21+,43?,44?/m0/s1. The summed E-state index contributed by atoms with van der Waals surface area (Å²) in [5.74, 6) is -0.0567. The normalized spacial score (nSPS) is 27.7. The Hall–Kier alpha value is -1.18. The molecule has 18 nitrogen and oxygen atoms in total. The molecule has 3 unspecified atom stereocenters. The van der Waals surface area contributed by atoms with E-state index in [9.17, 15) is 18.7 Å². The van der Waals surface area contributed by atoms with Crippen LogP contribution in [0.3, 0.4) is 0 Å². The molecule has 0 radical (unpaired) electrons. The van der Waals surface area contributed by atoms with Crippen LogP contribution < -0.4 is 16.9 Å². The number of aromatic nitrogens is 7. The molecule has 2 saturated heterocycles. The van der Waals surface area contributed by atoms with Gasteiger partial charge >= 0.3 is 13.6 Å². The van der Waals surface area contributed by atoms with Crippen molar-refractivity contribution in [2.45, 2.75) is 47.5 Å². The number of aromatic amines is 1. The summed E-state index contributed by atoms with van der Waals surface area (Å²) >= 11 is 11.5. The average Bonchev–Trinajstić information content (AvgIpc) is 3.74. The Morgan fingerprint density at radius 1 is 1.09 bits per heavy atom. The first-order valence-electron chi connectivity index (χ1n) is 13.3. The van der Waals surface area contributed by atoms with Crippen molar-refractivity contribution >= 4 is 112 Å². The van der Waals surface area contributed by atoms with Gasteiger partial charge in [0.2, 0.25) is 5.95 Å². The van der Waals surface area contributed by atoms with Crippen molar-refractivity contribution in [3.05, 3.63) is 51.8 Å². The quantitative estimate of drug-likeness (QED) is 0.0727. The van der Waals surface area contributed by atoms with Gasteiger partial charge in [-0.2, -0.15) is 4.98 Å². The number of imidazole rings is 1. The molecule has 0 bridgehead atoms.